The minimum atomic E-state index is -0.548. The highest BCUT2D eigenvalue weighted by molar-refractivity contribution is 9.10. The Morgan fingerprint density at radius 1 is 1.54 bits per heavy atom. The first-order valence-electron chi connectivity index (χ1n) is 3.45. The fraction of sp³-hybridized carbons (Fsp3) is 0. The van der Waals surface area contributed by atoms with E-state index in [1.807, 2.05) is 0 Å². The van der Waals surface area contributed by atoms with E-state index in [0.717, 1.165) is 0 Å². The molecule has 0 unspecified atom stereocenters. The lowest BCUT2D eigenvalue weighted by molar-refractivity contribution is 0.613. The number of rotatable bonds is 0. The van der Waals surface area contributed by atoms with Crippen LogP contribution in [0.2, 0.25) is 0 Å². The van der Waals surface area contributed by atoms with Crippen molar-refractivity contribution in [1.82, 2.24) is 9.38 Å². The van der Waals surface area contributed by atoms with Crippen LogP contribution in [0.1, 0.15) is 5.69 Å². The molecule has 0 amide bonds. The van der Waals surface area contributed by atoms with Crippen molar-refractivity contribution in [2.45, 2.75) is 0 Å². The van der Waals surface area contributed by atoms with Gasteiger partial charge in [-0.15, -0.1) is 0 Å². The fourth-order valence-electron chi connectivity index (χ4n) is 1.12. The van der Waals surface area contributed by atoms with Crippen LogP contribution < -0.4 is 0 Å². The predicted octanol–water partition coefficient (Wildman–Crippen LogP) is 2.11. The number of nitriles is 1. The van der Waals surface area contributed by atoms with Gasteiger partial charge < -0.3 is 0 Å². The average Bonchev–Trinajstić information content (AvgIpc) is 2.49. The van der Waals surface area contributed by atoms with Gasteiger partial charge in [0, 0.05) is 0 Å². The number of halogens is 2. The van der Waals surface area contributed by atoms with Crippen LogP contribution in [-0.2, 0) is 0 Å². The van der Waals surface area contributed by atoms with E-state index in [0.29, 0.717) is 10.3 Å². The van der Waals surface area contributed by atoms with Crippen molar-refractivity contribution in [3.63, 3.8) is 0 Å². The van der Waals surface area contributed by atoms with Gasteiger partial charge in [0.15, 0.2) is 11.5 Å². The molecule has 2 heterocycles. The first-order chi connectivity index (χ1) is 6.24. The van der Waals surface area contributed by atoms with Crippen molar-refractivity contribution < 1.29 is 4.39 Å². The molecule has 0 aliphatic rings. The van der Waals surface area contributed by atoms with Gasteiger partial charge in [0.25, 0.3) is 0 Å². The summed E-state index contributed by atoms with van der Waals surface area (Å²) >= 11 is 3.18. The third-order valence-electron chi connectivity index (χ3n) is 1.68. The predicted molar refractivity (Wildman–Crippen MR) is 47.6 cm³/mol. The average molecular weight is 240 g/mol. The molecule has 0 aliphatic carbocycles. The number of hydrogen-bond donors (Lipinski definition) is 0. The van der Waals surface area contributed by atoms with Gasteiger partial charge in [-0.05, 0) is 28.1 Å². The van der Waals surface area contributed by atoms with E-state index in [1.54, 1.807) is 6.07 Å². The van der Waals surface area contributed by atoms with Gasteiger partial charge in [-0.25, -0.2) is 9.37 Å². The SMILES string of the molecule is N#Cc1c(F)ccc2ncc(Br)n12. The van der Waals surface area contributed by atoms with Gasteiger partial charge in [-0.2, -0.15) is 5.26 Å². The molecule has 0 spiro atoms. The van der Waals surface area contributed by atoms with E-state index in [4.69, 9.17) is 5.26 Å². The first kappa shape index (κ1) is 8.20. The van der Waals surface area contributed by atoms with Crippen LogP contribution in [-0.4, -0.2) is 9.38 Å². The van der Waals surface area contributed by atoms with Crippen molar-refractivity contribution in [3.8, 4) is 6.07 Å². The monoisotopic (exact) mass is 239 g/mol. The normalized spacial score (nSPS) is 10.2. The third kappa shape index (κ3) is 1.11. The molecule has 13 heavy (non-hydrogen) atoms. The van der Waals surface area contributed by atoms with Crippen molar-refractivity contribution in [3.05, 3.63) is 34.4 Å². The molecule has 0 bridgehead atoms. The molecule has 0 atom stereocenters. The van der Waals surface area contributed by atoms with E-state index in [2.05, 4.69) is 20.9 Å². The second-order valence-electron chi connectivity index (χ2n) is 2.42. The molecular formula is C8H3BrFN3. The van der Waals surface area contributed by atoms with Crippen LogP contribution in [0.3, 0.4) is 0 Å². The Kier molecular flexibility index (Phi) is 1.78. The summed E-state index contributed by atoms with van der Waals surface area (Å²) in [6, 6.07) is 4.53. The van der Waals surface area contributed by atoms with Gasteiger partial charge in [0.2, 0.25) is 0 Å². The maximum Gasteiger partial charge on any atom is 0.163 e. The Labute approximate surface area is 81.6 Å². The van der Waals surface area contributed by atoms with E-state index < -0.39 is 5.82 Å². The minimum absolute atomic E-state index is 0.0399. The molecule has 3 nitrogen and oxygen atoms in total. The molecule has 64 valence electrons. The Hall–Kier alpha value is -1.41. The lowest BCUT2D eigenvalue weighted by atomic mass is 10.3. The summed E-state index contributed by atoms with van der Waals surface area (Å²) in [6.45, 7) is 0. The van der Waals surface area contributed by atoms with Crippen molar-refractivity contribution >= 4 is 21.6 Å². The zero-order valence-corrected chi connectivity index (χ0v) is 7.92. The summed E-state index contributed by atoms with van der Waals surface area (Å²) < 4.78 is 15.1. The molecule has 0 saturated heterocycles. The molecular weight excluding hydrogens is 237 g/mol. The number of hydrogen-bond acceptors (Lipinski definition) is 2. The second kappa shape index (κ2) is 2.82. The molecule has 0 fully saturated rings. The second-order valence-corrected chi connectivity index (χ2v) is 3.23. The van der Waals surface area contributed by atoms with Crippen molar-refractivity contribution in [2.24, 2.45) is 0 Å². The zero-order chi connectivity index (χ0) is 9.42. The van der Waals surface area contributed by atoms with Crippen LogP contribution in [0.15, 0.2) is 22.9 Å². The molecule has 2 aromatic heterocycles. The van der Waals surface area contributed by atoms with E-state index in [1.165, 1.54) is 22.7 Å². The van der Waals surface area contributed by atoms with E-state index in [9.17, 15) is 4.39 Å². The summed E-state index contributed by atoms with van der Waals surface area (Å²) in [5.41, 5.74) is 0.506. The van der Waals surface area contributed by atoms with Crippen molar-refractivity contribution in [1.29, 1.82) is 5.26 Å². The molecule has 0 aliphatic heterocycles. The molecule has 0 saturated carbocycles. The highest BCUT2D eigenvalue weighted by atomic mass is 79.9. The van der Waals surface area contributed by atoms with Crippen LogP contribution in [0.5, 0.6) is 0 Å². The maximum atomic E-state index is 13.1. The minimum Gasteiger partial charge on any atom is -0.275 e. The topological polar surface area (TPSA) is 41.1 Å². The number of nitrogens with zero attached hydrogens (tertiary/aromatic N) is 3. The summed E-state index contributed by atoms with van der Waals surface area (Å²) in [5, 5.41) is 8.70. The quantitative estimate of drug-likeness (QED) is 0.707. The zero-order valence-electron chi connectivity index (χ0n) is 6.33. The summed E-state index contributed by atoms with van der Waals surface area (Å²) in [6.07, 6.45) is 1.52. The lowest BCUT2D eigenvalue weighted by Crippen LogP contribution is -1.96. The summed E-state index contributed by atoms with van der Waals surface area (Å²) in [4.78, 5) is 3.97. The van der Waals surface area contributed by atoms with Gasteiger partial charge in [0.05, 0.1) is 6.20 Å². The molecule has 0 N–H and O–H groups in total. The number of aromatic nitrogens is 2. The molecule has 2 aromatic rings. The maximum absolute atomic E-state index is 13.1. The van der Waals surface area contributed by atoms with Gasteiger partial charge in [0.1, 0.15) is 16.3 Å². The Bertz CT molecular complexity index is 512. The number of fused-ring (bicyclic) bond motifs is 1. The Balaban J connectivity index is 2.99. The van der Waals surface area contributed by atoms with Gasteiger partial charge in [-0.3, -0.25) is 4.40 Å². The van der Waals surface area contributed by atoms with Gasteiger partial charge >= 0.3 is 0 Å². The van der Waals surface area contributed by atoms with E-state index >= 15 is 0 Å². The fourth-order valence-corrected chi connectivity index (χ4v) is 1.58. The molecule has 0 aromatic carbocycles. The number of pyridine rings is 1. The van der Waals surface area contributed by atoms with Crippen LogP contribution in [0.4, 0.5) is 4.39 Å². The standard InChI is InChI=1S/C8H3BrFN3/c9-7-4-12-8-2-1-5(10)6(3-11)13(7)8/h1-2,4H. The van der Waals surface area contributed by atoms with Crippen LogP contribution in [0.25, 0.3) is 5.65 Å². The summed E-state index contributed by atoms with van der Waals surface area (Å²) in [7, 11) is 0. The van der Waals surface area contributed by atoms with Crippen LogP contribution in [0, 0.1) is 17.1 Å². The van der Waals surface area contributed by atoms with E-state index in [-0.39, 0.29) is 5.69 Å². The largest absolute Gasteiger partial charge is 0.275 e. The highest BCUT2D eigenvalue weighted by Gasteiger charge is 2.09. The first-order valence-corrected chi connectivity index (χ1v) is 4.25. The van der Waals surface area contributed by atoms with Crippen LogP contribution >= 0.6 is 15.9 Å². The smallest absolute Gasteiger partial charge is 0.163 e. The molecule has 5 heteroatoms. The van der Waals surface area contributed by atoms with Gasteiger partial charge in [-0.1, -0.05) is 0 Å². The highest BCUT2D eigenvalue weighted by Crippen LogP contribution is 2.17. The van der Waals surface area contributed by atoms with Crippen molar-refractivity contribution in [2.75, 3.05) is 0 Å². The Morgan fingerprint density at radius 3 is 3.00 bits per heavy atom. The Morgan fingerprint density at radius 2 is 2.31 bits per heavy atom. The molecule has 2 rings (SSSR count). The molecule has 0 radical (unpaired) electrons. The lowest BCUT2D eigenvalue weighted by Gasteiger charge is -1.98. The number of imidazole rings is 1. The third-order valence-corrected chi connectivity index (χ3v) is 2.24. The summed E-state index contributed by atoms with van der Waals surface area (Å²) in [5.74, 6) is -0.548.